The number of ether oxygens (including phenoxy) is 5. The molecule has 21 heteroatoms. The van der Waals surface area contributed by atoms with Gasteiger partial charge in [-0.05, 0) is 73.3 Å². The van der Waals surface area contributed by atoms with Crippen LogP contribution in [0, 0.1) is 0 Å². The molecule has 4 aromatic carbocycles. The van der Waals surface area contributed by atoms with Gasteiger partial charge in [0.15, 0.2) is 23.0 Å². The number of anilines is 2. The van der Waals surface area contributed by atoms with Gasteiger partial charge in [0, 0.05) is 32.4 Å². The molecule has 4 amide bonds. The number of hydrogen-bond donors (Lipinski definition) is 3. The van der Waals surface area contributed by atoms with Crippen LogP contribution in [0.2, 0.25) is 0 Å². The smallest absolute Gasteiger partial charge is 0.349 e. The van der Waals surface area contributed by atoms with Crippen LogP contribution in [-0.4, -0.2) is 109 Å². The molecular formula is C46H56N4O15S2. The highest BCUT2D eigenvalue weighted by molar-refractivity contribution is 7.90. The maximum absolute atomic E-state index is 13.7. The van der Waals surface area contributed by atoms with E-state index >= 15 is 0 Å². The molecule has 2 heterocycles. The zero-order chi connectivity index (χ0) is 60.8. The molecule has 0 unspecified atom stereocenters. The van der Waals surface area contributed by atoms with Crippen LogP contribution in [0.1, 0.15) is 123 Å². The third-order valence-corrected chi connectivity index (χ3v) is 10.2. The first-order chi connectivity index (χ1) is 36.6. The van der Waals surface area contributed by atoms with E-state index in [-0.39, 0.29) is 76.7 Å². The number of amides is 4. The van der Waals surface area contributed by atoms with E-state index in [1.165, 1.54) is 14.2 Å². The number of rotatable bonds is 15. The Morgan fingerprint density at radius 1 is 0.672 bits per heavy atom. The first kappa shape index (κ1) is 38.3. The van der Waals surface area contributed by atoms with Crippen LogP contribution in [0.25, 0.3) is 0 Å². The number of benzene rings is 4. The molecule has 0 saturated heterocycles. The van der Waals surface area contributed by atoms with Crippen molar-refractivity contribution >= 4 is 66.6 Å². The van der Waals surface area contributed by atoms with Crippen molar-refractivity contribution in [3.8, 4) is 23.0 Å². The first-order valence-corrected chi connectivity index (χ1v) is 23.9. The molecule has 2 aliphatic heterocycles. The Kier molecular flexibility index (Phi) is 13.8. The number of carbonyl (C=O) groups excluding carboxylic acids is 6. The molecule has 4 N–H and O–H groups in total. The molecule has 0 fully saturated rings. The Balaban J connectivity index is 0.000000337. The summed E-state index contributed by atoms with van der Waals surface area (Å²) in [5.74, 6) is -7.76. The van der Waals surface area contributed by atoms with Gasteiger partial charge in [0.2, 0.25) is 11.8 Å². The molecule has 2 atom stereocenters. The third-order valence-electron chi connectivity index (χ3n) is 8.29. The highest BCUT2D eigenvalue weighted by Gasteiger charge is 2.43. The number of esters is 2. The van der Waals surface area contributed by atoms with E-state index in [1.807, 2.05) is 13.8 Å². The second-order valence-corrected chi connectivity index (χ2v) is 17.9. The average molecular weight is 981 g/mol. The van der Waals surface area contributed by atoms with Crippen molar-refractivity contribution in [1.82, 2.24) is 4.90 Å². The second-order valence-electron chi connectivity index (χ2n) is 13.5. The molecule has 0 spiro atoms. The van der Waals surface area contributed by atoms with Gasteiger partial charge in [-0.15, -0.1) is 0 Å². The number of methoxy groups -OCH3 is 2. The summed E-state index contributed by atoms with van der Waals surface area (Å²) in [6.45, 7) is 9.74. The molecule has 4 aromatic rings. The summed E-state index contributed by atoms with van der Waals surface area (Å²) in [5, 5.41) is 4.43. The summed E-state index contributed by atoms with van der Waals surface area (Å²) < 4.78 is 169. The van der Waals surface area contributed by atoms with E-state index in [0.717, 1.165) is 26.4 Å². The van der Waals surface area contributed by atoms with Crippen molar-refractivity contribution in [3.05, 3.63) is 106 Å². The average Bonchev–Trinajstić information content (AvgIpc) is 3.98. The van der Waals surface area contributed by atoms with Gasteiger partial charge < -0.3 is 40.1 Å². The van der Waals surface area contributed by atoms with Crippen LogP contribution in [0.4, 0.5) is 11.4 Å². The largest absolute Gasteiger partial charge is 0.493 e. The summed E-state index contributed by atoms with van der Waals surface area (Å²) in [4.78, 5) is 73.3. The Labute approximate surface area is 406 Å². The predicted molar refractivity (Wildman–Crippen MR) is 251 cm³/mol. The highest BCUT2D eigenvalue weighted by Crippen LogP contribution is 2.39. The molecule has 0 aromatic heterocycles. The lowest BCUT2D eigenvalue weighted by molar-refractivity contribution is -0.115. The van der Waals surface area contributed by atoms with Crippen LogP contribution in [0.5, 0.6) is 23.0 Å². The van der Waals surface area contributed by atoms with Crippen molar-refractivity contribution in [2.45, 2.75) is 53.6 Å². The monoisotopic (exact) mass is 980 g/mol. The summed E-state index contributed by atoms with van der Waals surface area (Å²) in [5.41, 5.74) is 2.57. The number of nitrogens with zero attached hydrogens (tertiary/aromatic N) is 1. The molecule has 0 saturated carbocycles. The van der Waals surface area contributed by atoms with Crippen LogP contribution in [-0.2, 0) is 34.0 Å². The third kappa shape index (κ3) is 14.6. The minimum atomic E-state index is -4.02. The molecule has 0 bridgehead atoms. The Morgan fingerprint density at radius 2 is 1.13 bits per heavy atom. The van der Waals surface area contributed by atoms with Crippen LogP contribution in [0.3, 0.4) is 0 Å². The van der Waals surface area contributed by atoms with Crippen LogP contribution >= 0.6 is 0 Å². The summed E-state index contributed by atoms with van der Waals surface area (Å²) in [7, 11) is -4.91. The zero-order valence-corrected chi connectivity index (χ0v) is 39.6. The fraction of sp³-hybridized carbons (Fsp3) is 0.348. The number of fused-ring (bicyclic) bond motifs is 2. The maximum Gasteiger partial charge on any atom is 0.349 e. The van der Waals surface area contributed by atoms with Crippen molar-refractivity contribution in [2.24, 2.45) is 5.73 Å². The summed E-state index contributed by atoms with van der Waals surface area (Å²) in [6, 6.07) is -9.46. The van der Waals surface area contributed by atoms with Crippen LogP contribution in [0.15, 0.2) is 72.5 Å². The first-order valence-electron chi connectivity index (χ1n) is 25.8. The Bertz CT molecular complexity index is 3410. The van der Waals surface area contributed by atoms with Crippen LogP contribution < -0.4 is 35.3 Å². The number of nitrogens with two attached hydrogens (primary N) is 1. The lowest BCUT2D eigenvalue weighted by Gasteiger charge is -2.27. The fourth-order valence-corrected chi connectivity index (χ4v) is 7.49. The molecule has 0 radical (unpaired) electrons. The molecule has 67 heavy (non-hydrogen) atoms. The van der Waals surface area contributed by atoms with Gasteiger partial charge in [-0.2, -0.15) is 0 Å². The minimum absolute atomic E-state index is 0.0000454. The molecule has 362 valence electrons. The van der Waals surface area contributed by atoms with Gasteiger partial charge in [0.25, 0.3) is 11.8 Å². The number of sulfone groups is 2. The predicted octanol–water partition coefficient (Wildman–Crippen LogP) is 5.55. The summed E-state index contributed by atoms with van der Waals surface area (Å²) in [6.07, 6.45) is 1.83. The van der Waals surface area contributed by atoms with Gasteiger partial charge in [0.05, 0.1) is 95.1 Å². The molecule has 0 aliphatic carbocycles. The number of imide groups is 1. The van der Waals surface area contributed by atoms with Gasteiger partial charge in [-0.3, -0.25) is 24.1 Å². The maximum atomic E-state index is 13.7. The summed E-state index contributed by atoms with van der Waals surface area (Å²) >= 11 is 0. The number of cyclic esters (lactones) is 2. The van der Waals surface area contributed by atoms with Crippen molar-refractivity contribution in [1.29, 1.82) is 0 Å². The second kappa shape index (κ2) is 24.1. The SMILES string of the molecule is CC.[2H]c1c([2H])c(NC(C)=O)c2c(c1[2H])C(=O)N([C@H](CS(C)(=O)=O)c1c([2H])c([2H])c(OC)c(OCC)c1[2H])C2=O.[2H]c1c([2H])c(NC(C)=O)c2c(c1[2H])C(=O)OC2=O.[2H]c1c([2H])c([C@H](N)CS(C)(=O)=O)c([2H])c(OCC)c1OC. The van der Waals surface area contributed by atoms with E-state index in [0.29, 0.717) is 4.90 Å². The number of hydrogen-bond acceptors (Lipinski definition) is 16. The quantitative estimate of drug-likeness (QED) is 0.0748. The van der Waals surface area contributed by atoms with Crippen molar-refractivity contribution < 1.29 is 85.7 Å². The van der Waals surface area contributed by atoms with E-state index in [2.05, 4.69) is 15.4 Å². The van der Waals surface area contributed by atoms with E-state index in [1.54, 1.807) is 13.8 Å². The zero-order valence-electron chi connectivity index (χ0n) is 49.9. The fourth-order valence-electron chi connectivity index (χ4n) is 5.78. The Hall–Kier alpha value is -6.84. The number of nitrogens with one attached hydrogen (secondary N) is 2. The van der Waals surface area contributed by atoms with Gasteiger partial charge in [0.1, 0.15) is 19.7 Å². The highest BCUT2D eigenvalue weighted by atomic mass is 32.2. The van der Waals surface area contributed by atoms with Gasteiger partial charge in [-0.1, -0.05) is 38.0 Å². The topological polar surface area (TPSA) is 270 Å². The molecule has 6 rings (SSSR count). The van der Waals surface area contributed by atoms with E-state index in [9.17, 15) is 45.6 Å². The Morgan fingerprint density at radius 3 is 1.60 bits per heavy atom. The number of carbonyl (C=O) groups is 6. The van der Waals surface area contributed by atoms with E-state index in [4.69, 9.17) is 41.1 Å². The normalized spacial score (nSPS) is 15.9. The van der Waals surface area contributed by atoms with E-state index < -0.39 is 156 Å². The van der Waals surface area contributed by atoms with Crippen molar-refractivity contribution in [3.63, 3.8) is 0 Å². The van der Waals surface area contributed by atoms with Gasteiger partial charge in [-0.25, -0.2) is 26.4 Å². The lowest BCUT2D eigenvalue weighted by Crippen LogP contribution is -2.37. The lowest BCUT2D eigenvalue weighted by atomic mass is 10.1. The molecule has 19 nitrogen and oxygen atoms in total. The van der Waals surface area contributed by atoms with Crippen molar-refractivity contribution in [2.75, 3.05) is 62.1 Å². The minimum Gasteiger partial charge on any atom is -0.493 e. The van der Waals surface area contributed by atoms with Gasteiger partial charge >= 0.3 is 11.9 Å². The standard InChI is InChI=1S/C22H24N2O7S.C12H19NO4S.C10H7NO4.C2H6/c1-5-31-19-11-14(9-10-18(19)30-3)17(12-32(4,28)29)24-21(26)15-7-6-8-16(23-13(2)25)20(15)22(24)27;1-4-17-12-7-9(5-6-11(12)16-2)10(13)8-18(3,14)15;1-5(12)11-7-4-2-3-6-8(7)10(14)15-9(6)13;1-2/h6-11,17H,5,12H2,1-4H3,(H,23,25);5-7,10H,4,8,13H2,1-3H3;2-4H,1H3,(H,11,12);1-2H3/t17-;10-;;/m11../s1/i6D,7D,8D,9D,10D,11D;5D,6D,7D;2D,3D,4D;. The molecular weight excluding hydrogens is 913 g/mol. The molecule has 2 aliphatic rings.